The maximum Gasteiger partial charge on any atom is 0.184 e. The van der Waals surface area contributed by atoms with Crippen LogP contribution in [-0.2, 0) is 4.79 Å². The number of carbonyl (C=O) groups excluding carboxylic acids is 1. The Morgan fingerprint density at radius 1 is 1.36 bits per heavy atom. The van der Waals surface area contributed by atoms with Gasteiger partial charge in [0, 0.05) is 0 Å². The Bertz CT molecular complexity index is 209. The number of hydrogen-bond acceptors (Lipinski definition) is 1. The zero-order valence-electron chi connectivity index (χ0n) is 7.53. The van der Waals surface area contributed by atoms with E-state index in [9.17, 15) is 4.79 Å². The van der Waals surface area contributed by atoms with Crippen molar-refractivity contribution in [2.24, 2.45) is 0 Å². The van der Waals surface area contributed by atoms with Gasteiger partial charge < -0.3 is 0 Å². The quantitative estimate of drug-likeness (QED) is 0.567. The van der Waals surface area contributed by atoms with Crippen LogP contribution < -0.4 is 0 Å². The van der Waals surface area contributed by atoms with Gasteiger partial charge in [-0.05, 0) is 38.3 Å². The predicted molar refractivity (Wildman–Crippen MR) is 48.2 cm³/mol. The van der Waals surface area contributed by atoms with Crippen LogP contribution in [0.5, 0.6) is 0 Å². The standard InChI is InChI=1S/C10H15O/c1-6-8(4)9(5)10(11)7(2)3/h2,5-6H2,1,3-4H3. The first-order valence-electron chi connectivity index (χ1n) is 3.72. The summed E-state index contributed by atoms with van der Waals surface area (Å²) in [6, 6.07) is 0. The molecule has 0 aromatic heterocycles. The fraction of sp³-hybridized carbons (Fsp3) is 0.400. The monoisotopic (exact) mass is 151 g/mol. The third-order valence-electron chi connectivity index (χ3n) is 1.71. The van der Waals surface area contributed by atoms with E-state index < -0.39 is 0 Å². The summed E-state index contributed by atoms with van der Waals surface area (Å²) >= 11 is 0. The van der Waals surface area contributed by atoms with E-state index in [-0.39, 0.29) is 5.78 Å². The van der Waals surface area contributed by atoms with Crippen LogP contribution in [0.25, 0.3) is 0 Å². The number of ketones is 1. The molecule has 1 nitrogen and oxygen atoms in total. The molecule has 0 unspecified atom stereocenters. The summed E-state index contributed by atoms with van der Waals surface area (Å²) in [5, 5.41) is 0. The van der Waals surface area contributed by atoms with Gasteiger partial charge in [0.15, 0.2) is 5.78 Å². The number of Topliss-reactive ketones (excluding diaryl/α,β-unsaturated/α-hetero) is 1. The van der Waals surface area contributed by atoms with E-state index in [1.165, 1.54) is 0 Å². The molecule has 1 radical (unpaired) electrons. The molecule has 0 bridgehead atoms. The summed E-state index contributed by atoms with van der Waals surface area (Å²) in [6.45, 7) is 12.9. The van der Waals surface area contributed by atoms with Crippen LogP contribution in [-0.4, -0.2) is 5.78 Å². The molecule has 0 atom stereocenters. The van der Waals surface area contributed by atoms with Crippen LogP contribution in [0.15, 0.2) is 23.3 Å². The van der Waals surface area contributed by atoms with Crippen molar-refractivity contribution >= 4 is 5.78 Å². The largest absolute Gasteiger partial charge is 0.289 e. The molecule has 1 heteroatoms. The molecule has 0 aliphatic rings. The fourth-order valence-electron chi connectivity index (χ4n) is 0.665. The van der Waals surface area contributed by atoms with Gasteiger partial charge in [-0.2, -0.15) is 0 Å². The predicted octanol–water partition coefficient (Wildman–Crippen LogP) is 2.69. The highest BCUT2D eigenvalue weighted by atomic mass is 16.1. The zero-order valence-corrected chi connectivity index (χ0v) is 7.53. The van der Waals surface area contributed by atoms with E-state index in [1.807, 2.05) is 13.8 Å². The Hall–Kier alpha value is -0.850. The maximum atomic E-state index is 11.2. The second-order valence-corrected chi connectivity index (χ2v) is 2.72. The molecule has 0 aliphatic carbocycles. The molecule has 61 valence electrons. The number of allylic oxidation sites excluding steroid dienone is 3. The highest BCUT2D eigenvalue weighted by molar-refractivity contribution is 6.08. The smallest absolute Gasteiger partial charge is 0.184 e. The van der Waals surface area contributed by atoms with Gasteiger partial charge in [0.25, 0.3) is 0 Å². The van der Waals surface area contributed by atoms with E-state index in [1.54, 1.807) is 6.92 Å². The lowest BCUT2D eigenvalue weighted by atomic mass is 10.0. The molecule has 0 aromatic rings. The van der Waals surface area contributed by atoms with E-state index >= 15 is 0 Å². The third kappa shape index (κ3) is 2.71. The summed E-state index contributed by atoms with van der Waals surface area (Å²) in [5.41, 5.74) is 2.20. The second-order valence-electron chi connectivity index (χ2n) is 2.72. The number of rotatable bonds is 3. The van der Waals surface area contributed by atoms with Gasteiger partial charge in [-0.15, -0.1) is 0 Å². The molecule has 0 rings (SSSR count). The highest BCUT2D eigenvalue weighted by Crippen LogP contribution is 2.10. The van der Waals surface area contributed by atoms with Gasteiger partial charge >= 0.3 is 0 Å². The minimum atomic E-state index is -0.0237. The van der Waals surface area contributed by atoms with Gasteiger partial charge in [0.1, 0.15) is 0 Å². The molecule has 0 aliphatic heterocycles. The van der Waals surface area contributed by atoms with Crippen molar-refractivity contribution in [3.05, 3.63) is 30.2 Å². The molecular formula is C10H15O. The minimum Gasteiger partial charge on any atom is -0.289 e. The van der Waals surface area contributed by atoms with Gasteiger partial charge in [-0.1, -0.05) is 19.1 Å². The third-order valence-corrected chi connectivity index (χ3v) is 1.71. The lowest BCUT2D eigenvalue weighted by molar-refractivity contribution is -0.112. The molecule has 0 saturated carbocycles. The van der Waals surface area contributed by atoms with Crippen molar-refractivity contribution in [1.29, 1.82) is 0 Å². The normalized spacial score (nSPS) is 12.4. The minimum absolute atomic E-state index is 0.0237. The van der Waals surface area contributed by atoms with E-state index in [4.69, 9.17) is 0 Å². The van der Waals surface area contributed by atoms with Crippen molar-refractivity contribution in [3.8, 4) is 0 Å². The zero-order chi connectivity index (χ0) is 9.02. The van der Waals surface area contributed by atoms with Crippen molar-refractivity contribution in [2.75, 3.05) is 0 Å². The van der Waals surface area contributed by atoms with Crippen LogP contribution in [0.2, 0.25) is 0 Å². The van der Waals surface area contributed by atoms with Crippen molar-refractivity contribution in [1.82, 2.24) is 0 Å². The van der Waals surface area contributed by atoms with E-state index in [0.29, 0.717) is 11.1 Å². The first-order valence-corrected chi connectivity index (χ1v) is 3.72. The van der Waals surface area contributed by atoms with Crippen LogP contribution in [0.3, 0.4) is 0 Å². The van der Waals surface area contributed by atoms with Crippen LogP contribution >= 0.6 is 0 Å². The Morgan fingerprint density at radius 2 is 1.82 bits per heavy atom. The Labute approximate surface area is 68.8 Å². The Morgan fingerprint density at radius 3 is 2.09 bits per heavy atom. The van der Waals surface area contributed by atoms with Gasteiger partial charge in [-0.25, -0.2) is 0 Å². The van der Waals surface area contributed by atoms with Crippen LogP contribution in [0, 0.1) is 6.92 Å². The molecule has 0 fully saturated rings. The summed E-state index contributed by atoms with van der Waals surface area (Å²) in [5.74, 6) is -0.0237. The summed E-state index contributed by atoms with van der Waals surface area (Å²) in [6.07, 6.45) is 0.873. The Kier molecular flexibility index (Phi) is 3.80. The topological polar surface area (TPSA) is 17.1 Å². The number of hydrogen-bond donors (Lipinski definition) is 0. The first kappa shape index (κ1) is 10.2. The number of carbonyl (C=O) groups is 1. The molecule has 0 saturated heterocycles. The summed E-state index contributed by atoms with van der Waals surface area (Å²) in [4.78, 5) is 11.2. The van der Waals surface area contributed by atoms with Crippen LogP contribution in [0.1, 0.15) is 27.2 Å². The van der Waals surface area contributed by atoms with Gasteiger partial charge in [-0.3, -0.25) is 4.79 Å². The molecular weight excluding hydrogens is 136 g/mol. The summed E-state index contributed by atoms with van der Waals surface area (Å²) < 4.78 is 0. The highest BCUT2D eigenvalue weighted by Gasteiger charge is 2.06. The fourth-order valence-corrected chi connectivity index (χ4v) is 0.665. The molecule has 0 amide bonds. The Balaban J connectivity index is 4.61. The summed E-state index contributed by atoms with van der Waals surface area (Å²) in [7, 11) is 0. The van der Waals surface area contributed by atoms with Gasteiger partial charge in [0.2, 0.25) is 0 Å². The average Bonchev–Trinajstić information content (AvgIpc) is 2.00. The second kappa shape index (κ2) is 4.12. The van der Waals surface area contributed by atoms with E-state index in [0.717, 1.165) is 12.0 Å². The first-order chi connectivity index (χ1) is 5.00. The maximum absolute atomic E-state index is 11.2. The molecule has 0 aromatic carbocycles. The lowest BCUT2D eigenvalue weighted by Gasteiger charge is -2.03. The molecule has 0 heterocycles. The van der Waals surface area contributed by atoms with Crippen molar-refractivity contribution in [3.63, 3.8) is 0 Å². The van der Waals surface area contributed by atoms with E-state index in [2.05, 4.69) is 13.5 Å². The average molecular weight is 151 g/mol. The van der Waals surface area contributed by atoms with Crippen molar-refractivity contribution in [2.45, 2.75) is 27.2 Å². The molecule has 0 N–H and O–H groups in total. The van der Waals surface area contributed by atoms with Gasteiger partial charge in [0.05, 0.1) is 0 Å². The molecule has 0 spiro atoms. The van der Waals surface area contributed by atoms with Crippen LogP contribution in [0.4, 0.5) is 0 Å². The molecule has 11 heavy (non-hydrogen) atoms. The lowest BCUT2D eigenvalue weighted by Crippen LogP contribution is -2.02. The van der Waals surface area contributed by atoms with Crippen molar-refractivity contribution < 1.29 is 4.79 Å². The SMILES string of the molecule is [CH2]C(C(=O)C(=C)C)=C(C)CC.